The molecule has 29 heavy (non-hydrogen) atoms. The quantitative estimate of drug-likeness (QED) is 0.422. The first-order valence-electron chi connectivity index (χ1n) is 10.1. The maximum Gasteiger partial charge on any atom is 0.191 e. The number of ether oxygens (including phenoxy) is 2. The van der Waals surface area contributed by atoms with Crippen LogP contribution >= 0.6 is 0 Å². The van der Waals surface area contributed by atoms with Crippen LogP contribution in [0.2, 0.25) is 0 Å². The van der Waals surface area contributed by atoms with Crippen molar-refractivity contribution in [3.05, 3.63) is 59.2 Å². The monoisotopic (exact) mass is 399 g/mol. The zero-order chi connectivity index (χ0) is 21.1. The highest BCUT2D eigenvalue weighted by Gasteiger charge is 2.08. The van der Waals surface area contributed by atoms with Gasteiger partial charge in [0.2, 0.25) is 0 Å². The molecule has 2 aromatic carbocycles. The zero-order valence-electron chi connectivity index (χ0n) is 17.9. The SMILES string of the molecule is CCNC(=NCc1ccc(OCCO)c(OC)c1)NCC(C)c1cccc(C)c1. The van der Waals surface area contributed by atoms with Crippen molar-refractivity contribution in [1.29, 1.82) is 0 Å². The minimum absolute atomic E-state index is 0.0338. The highest BCUT2D eigenvalue weighted by atomic mass is 16.5. The van der Waals surface area contributed by atoms with Gasteiger partial charge in [-0.05, 0) is 43.0 Å². The molecule has 0 saturated heterocycles. The average molecular weight is 400 g/mol. The number of aliphatic imine (C=N–C) groups is 1. The van der Waals surface area contributed by atoms with E-state index in [1.807, 2.05) is 18.2 Å². The van der Waals surface area contributed by atoms with Crippen LogP contribution in [0.3, 0.4) is 0 Å². The molecule has 6 nitrogen and oxygen atoms in total. The molecule has 3 N–H and O–H groups in total. The molecule has 0 saturated carbocycles. The summed E-state index contributed by atoms with van der Waals surface area (Å²) in [5, 5.41) is 15.6. The fourth-order valence-electron chi connectivity index (χ4n) is 2.94. The fourth-order valence-corrected chi connectivity index (χ4v) is 2.94. The van der Waals surface area contributed by atoms with E-state index in [4.69, 9.17) is 19.6 Å². The highest BCUT2D eigenvalue weighted by Crippen LogP contribution is 2.28. The number of aryl methyl sites for hydroxylation is 1. The van der Waals surface area contributed by atoms with Crippen molar-refractivity contribution in [1.82, 2.24) is 10.6 Å². The van der Waals surface area contributed by atoms with Gasteiger partial charge in [0.25, 0.3) is 0 Å². The summed E-state index contributed by atoms with van der Waals surface area (Å²) in [5.74, 6) is 2.41. The molecule has 158 valence electrons. The molecule has 0 heterocycles. The van der Waals surface area contributed by atoms with Gasteiger partial charge in [-0.3, -0.25) is 0 Å². The molecule has 6 heteroatoms. The van der Waals surface area contributed by atoms with E-state index < -0.39 is 0 Å². The summed E-state index contributed by atoms with van der Waals surface area (Å²) >= 11 is 0. The smallest absolute Gasteiger partial charge is 0.191 e. The minimum Gasteiger partial charge on any atom is -0.493 e. The van der Waals surface area contributed by atoms with Gasteiger partial charge in [0.05, 0.1) is 20.3 Å². The second-order valence-corrected chi connectivity index (χ2v) is 6.95. The van der Waals surface area contributed by atoms with E-state index in [1.54, 1.807) is 7.11 Å². The topological polar surface area (TPSA) is 75.1 Å². The van der Waals surface area contributed by atoms with Crippen molar-refractivity contribution in [2.24, 2.45) is 4.99 Å². The molecular weight excluding hydrogens is 366 g/mol. The van der Waals surface area contributed by atoms with Crippen LogP contribution in [0, 0.1) is 6.92 Å². The molecule has 0 bridgehead atoms. The van der Waals surface area contributed by atoms with Crippen molar-refractivity contribution < 1.29 is 14.6 Å². The van der Waals surface area contributed by atoms with Crippen molar-refractivity contribution in [3.63, 3.8) is 0 Å². The lowest BCUT2D eigenvalue weighted by atomic mass is 9.99. The van der Waals surface area contributed by atoms with E-state index >= 15 is 0 Å². The molecule has 0 fully saturated rings. The van der Waals surface area contributed by atoms with Crippen molar-refractivity contribution in [2.75, 3.05) is 33.4 Å². The van der Waals surface area contributed by atoms with E-state index in [0.717, 1.165) is 24.6 Å². The van der Waals surface area contributed by atoms with Gasteiger partial charge in [-0.25, -0.2) is 4.99 Å². The Morgan fingerprint density at radius 1 is 1.14 bits per heavy atom. The van der Waals surface area contributed by atoms with Crippen LogP contribution in [0.25, 0.3) is 0 Å². The molecule has 2 rings (SSSR count). The molecular formula is C23H33N3O3. The third kappa shape index (κ3) is 7.31. The second-order valence-electron chi connectivity index (χ2n) is 6.95. The predicted octanol–water partition coefficient (Wildman–Crippen LogP) is 3.23. The Morgan fingerprint density at radius 3 is 2.66 bits per heavy atom. The van der Waals surface area contributed by atoms with E-state index in [2.05, 4.69) is 55.7 Å². The number of aliphatic hydroxyl groups excluding tert-OH is 1. The van der Waals surface area contributed by atoms with E-state index in [0.29, 0.717) is 24.0 Å². The number of aliphatic hydroxyl groups is 1. The van der Waals surface area contributed by atoms with Crippen LogP contribution in [0.5, 0.6) is 11.5 Å². The number of benzene rings is 2. The standard InChI is InChI=1S/C23H33N3O3/c1-5-24-23(25-15-18(3)20-8-6-7-17(2)13-20)26-16-19-9-10-21(29-12-11-27)22(14-19)28-4/h6-10,13-14,18,27H,5,11-12,15-16H2,1-4H3,(H2,24,25,26). The molecule has 1 atom stereocenters. The summed E-state index contributed by atoms with van der Waals surface area (Å²) in [5.41, 5.74) is 3.61. The Balaban J connectivity index is 2.01. The van der Waals surface area contributed by atoms with Crippen LogP contribution in [-0.2, 0) is 6.54 Å². The predicted molar refractivity (Wildman–Crippen MR) is 118 cm³/mol. The summed E-state index contributed by atoms with van der Waals surface area (Å²) in [6.07, 6.45) is 0. The number of hydrogen-bond donors (Lipinski definition) is 3. The van der Waals surface area contributed by atoms with Crippen molar-refractivity contribution in [2.45, 2.75) is 33.2 Å². The normalized spacial score (nSPS) is 12.4. The van der Waals surface area contributed by atoms with E-state index in [9.17, 15) is 0 Å². The third-order valence-electron chi connectivity index (χ3n) is 4.53. The molecule has 0 aliphatic heterocycles. The molecule has 2 aromatic rings. The van der Waals surface area contributed by atoms with Gasteiger partial charge in [-0.15, -0.1) is 0 Å². The fraction of sp³-hybridized carbons (Fsp3) is 0.435. The Kier molecular flexibility index (Phi) is 9.31. The number of nitrogens with zero attached hydrogens (tertiary/aromatic N) is 1. The maximum atomic E-state index is 8.92. The summed E-state index contributed by atoms with van der Waals surface area (Å²) in [4.78, 5) is 4.69. The molecule has 0 aliphatic carbocycles. The van der Waals surface area contributed by atoms with Crippen LogP contribution in [0.4, 0.5) is 0 Å². The van der Waals surface area contributed by atoms with Gasteiger partial charge in [-0.2, -0.15) is 0 Å². The number of guanidine groups is 1. The molecule has 0 aromatic heterocycles. The number of nitrogens with one attached hydrogen (secondary N) is 2. The first-order chi connectivity index (χ1) is 14.1. The van der Waals surface area contributed by atoms with Gasteiger partial charge in [-0.1, -0.05) is 42.8 Å². The number of rotatable bonds is 10. The molecule has 0 spiro atoms. The number of hydrogen-bond acceptors (Lipinski definition) is 4. The highest BCUT2D eigenvalue weighted by molar-refractivity contribution is 5.79. The van der Waals surface area contributed by atoms with Gasteiger partial charge in [0.15, 0.2) is 17.5 Å². The van der Waals surface area contributed by atoms with E-state index in [1.165, 1.54) is 11.1 Å². The summed E-state index contributed by atoms with van der Waals surface area (Å²) in [6.45, 7) is 8.69. The first kappa shape index (κ1) is 22.6. The Hall–Kier alpha value is -2.73. The number of methoxy groups -OCH3 is 1. The summed E-state index contributed by atoms with van der Waals surface area (Å²) in [6, 6.07) is 14.3. The van der Waals surface area contributed by atoms with Crippen LogP contribution < -0.4 is 20.1 Å². The largest absolute Gasteiger partial charge is 0.493 e. The Bertz CT molecular complexity index is 793. The summed E-state index contributed by atoms with van der Waals surface area (Å²) < 4.78 is 10.9. The minimum atomic E-state index is -0.0338. The summed E-state index contributed by atoms with van der Waals surface area (Å²) in [7, 11) is 1.60. The zero-order valence-corrected chi connectivity index (χ0v) is 17.9. The molecule has 1 unspecified atom stereocenters. The lowest BCUT2D eigenvalue weighted by Gasteiger charge is -2.17. The van der Waals surface area contributed by atoms with E-state index in [-0.39, 0.29) is 13.2 Å². The van der Waals surface area contributed by atoms with Crippen LogP contribution in [-0.4, -0.2) is 44.5 Å². The first-order valence-corrected chi connectivity index (χ1v) is 10.1. The lowest BCUT2D eigenvalue weighted by Crippen LogP contribution is -2.39. The van der Waals surface area contributed by atoms with Crippen LogP contribution in [0.15, 0.2) is 47.5 Å². The Labute approximate surface area is 174 Å². The van der Waals surface area contributed by atoms with Gasteiger partial charge < -0.3 is 25.2 Å². The van der Waals surface area contributed by atoms with Crippen molar-refractivity contribution in [3.8, 4) is 11.5 Å². The van der Waals surface area contributed by atoms with Crippen LogP contribution in [0.1, 0.15) is 36.5 Å². The van der Waals surface area contributed by atoms with Crippen molar-refractivity contribution >= 4 is 5.96 Å². The second kappa shape index (κ2) is 12.0. The maximum absolute atomic E-state index is 8.92. The third-order valence-corrected chi connectivity index (χ3v) is 4.53. The van der Waals surface area contributed by atoms with Gasteiger partial charge >= 0.3 is 0 Å². The van der Waals surface area contributed by atoms with Gasteiger partial charge in [0.1, 0.15) is 6.61 Å². The molecule has 0 radical (unpaired) electrons. The molecule has 0 aliphatic rings. The van der Waals surface area contributed by atoms with Gasteiger partial charge in [0, 0.05) is 13.1 Å². The lowest BCUT2D eigenvalue weighted by molar-refractivity contribution is 0.196. The Morgan fingerprint density at radius 2 is 1.97 bits per heavy atom. The average Bonchev–Trinajstić information content (AvgIpc) is 2.74. The molecule has 0 amide bonds.